The van der Waals surface area contributed by atoms with E-state index in [2.05, 4.69) is 15.2 Å². The van der Waals surface area contributed by atoms with Crippen LogP contribution in [0, 0.1) is 0 Å². The van der Waals surface area contributed by atoms with Gasteiger partial charge in [-0.05, 0) is 46.5 Å². The highest BCUT2D eigenvalue weighted by Gasteiger charge is 2.20. The number of aryl methyl sites for hydroxylation is 2. The molecule has 1 aliphatic rings. The molecule has 1 N–H and O–H groups in total. The molecule has 0 saturated heterocycles. The Balaban J connectivity index is 1.86. The van der Waals surface area contributed by atoms with Crippen molar-refractivity contribution in [3.05, 3.63) is 15.6 Å². The van der Waals surface area contributed by atoms with Gasteiger partial charge < -0.3 is 10.2 Å². The van der Waals surface area contributed by atoms with Crippen molar-refractivity contribution in [2.24, 2.45) is 4.99 Å². The Bertz CT molecular complexity index is 581. The van der Waals surface area contributed by atoms with Gasteiger partial charge in [0.2, 0.25) is 0 Å². The minimum atomic E-state index is -0.849. The summed E-state index contributed by atoms with van der Waals surface area (Å²) in [5.74, 6) is 1.45. The minimum absolute atomic E-state index is 0.170. The zero-order valence-electron chi connectivity index (χ0n) is 15.5. The molecule has 1 atom stereocenters. The number of aromatic nitrogens is 1. The number of fused-ring (bicyclic) bond motifs is 1. The Hall–Kier alpha value is -0.950. The van der Waals surface area contributed by atoms with E-state index >= 15 is 0 Å². The third-order valence-corrected chi connectivity index (χ3v) is 7.17. The number of thiazole rings is 1. The van der Waals surface area contributed by atoms with Gasteiger partial charge in [0.15, 0.2) is 5.96 Å². The van der Waals surface area contributed by atoms with Crippen LogP contribution in [0.5, 0.6) is 0 Å². The fourth-order valence-corrected chi connectivity index (χ4v) is 4.81. The molecule has 0 radical (unpaired) electrons. The normalized spacial score (nSPS) is 16.6. The van der Waals surface area contributed by atoms with Gasteiger partial charge in [0, 0.05) is 46.8 Å². The maximum atomic E-state index is 12.1. The molecular weight excluding hydrogens is 340 g/mol. The molecule has 7 heteroatoms. The van der Waals surface area contributed by atoms with Gasteiger partial charge in [0.05, 0.1) is 12.2 Å². The van der Waals surface area contributed by atoms with E-state index in [4.69, 9.17) is 4.98 Å². The van der Waals surface area contributed by atoms with Crippen molar-refractivity contribution >= 4 is 28.1 Å². The van der Waals surface area contributed by atoms with Gasteiger partial charge in [-0.2, -0.15) is 0 Å². The molecule has 2 rings (SSSR count). The Morgan fingerprint density at radius 1 is 1.38 bits per heavy atom. The molecule has 1 aromatic heterocycles. The lowest BCUT2D eigenvalue weighted by atomic mass is 10.0. The van der Waals surface area contributed by atoms with Crippen LogP contribution in [-0.4, -0.2) is 51.2 Å². The second kappa shape index (κ2) is 8.43. The quantitative estimate of drug-likeness (QED) is 0.639. The number of nitrogens with one attached hydrogen (secondary N) is 1. The van der Waals surface area contributed by atoms with Gasteiger partial charge in [-0.3, -0.25) is 9.20 Å². The predicted octanol–water partition coefficient (Wildman–Crippen LogP) is 2.58. The fourth-order valence-electron chi connectivity index (χ4n) is 2.70. The Morgan fingerprint density at radius 3 is 2.71 bits per heavy atom. The molecule has 0 spiro atoms. The van der Waals surface area contributed by atoms with Gasteiger partial charge in [-0.1, -0.05) is 0 Å². The molecule has 0 bridgehead atoms. The van der Waals surface area contributed by atoms with Gasteiger partial charge in [-0.25, -0.2) is 4.98 Å². The standard InChI is InChI=1S/C17H30N4OS2/c1-17(2,3)24(22)11-10-19-16(18-4)21(5)12-15-20-13-8-6-7-9-14(13)23-15/h6-12H2,1-5H3,(H,18,19). The van der Waals surface area contributed by atoms with Crippen molar-refractivity contribution in [2.45, 2.75) is 57.7 Å². The van der Waals surface area contributed by atoms with Crippen LogP contribution >= 0.6 is 11.3 Å². The summed E-state index contributed by atoms with van der Waals surface area (Å²) in [5, 5.41) is 4.47. The smallest absolute Gasteiger partial charge is 0.193 e. The molecule has 136 valence electrons. The zero-order valence-corrected chi connectivity index (χ0v) is 17.1. The lowest BCUT2D eigenvalue weighted by Crippen LogP contribution is -2.41. The average molecular weight is 371 g/mol. The Morgan fingerprint density at radius 2 is 2.08 bits per heavy atom. The summed E-state index contributed by atoms with van der Waals surface area (Å²) in [6.45, 7) is 7.45. The van der Waals surface area contributed by atoms with Crippen LogP contribution in [0.4, 0.5) is 0 Å². The minimum Gasteiger partial charge on any atom is -0.355 e. The molecule has 0 aliphatic heterocycles. The van der Waals surface area contributed by atoms with Crippen molar-refractivity contribution in [3.8, 4) is 0 Å². The van der Waals surface area contributed by atoms with Crippen molar-refractivity contribution < 1.29 is 4.21 Å². The highest BCUT2D eigenvalue weighted by atomic mass is 32.2. The fraction of sp³-hybridized carbons (Fsp3) is 0.765. The van der Waals surface area contributed by atoms with E-state index in [1.807, 2.05) is 39.2 Å². The van der Waals surface area contributed by atoms with Gasteiger partial charge in [-0.15, -0.1) is 11.3 Å². The first-order valence-corrected chi connectivity index (χ1v) is 10.7. The lowest BCUT2D eigenvalue weighted by Gasteiger charge is -2.22. The topological polar surface area (TPSA) is 57.6 Å². The molecule has 0 fully saturated rings. The monoisotopic (exact) mass is 370 g/mol. The maximum Gasteiger partial charge on any atom is 0.193 e. The molecule has 0 amide bonds. The van der Waals surface area contributed by atoms with E-state index in [0.29, 0.717) is 12.3 Å². The van der Waals surface area contributed by atoms with Gasteiger partial charge in [0.25, 0.3) is 0 Å². The largest absolute Gasteiger partial charge is 0.355 e. The van der Waals surface area contributed by atoms with Crippen LogP contribution in [0.3, 0.4) is 0 Å². The SMILES string of the molecule is CN=C(NCCS(=O)C(C)(C)C)N(C)Cc1nc2c(s1)CCCC2. The molecule has 0 aromatic carbocycles. The number of nitrogens with zero attached hydrogens (tertiary/aromatic N) is 3. The summed E-state index contributed by atoms with van der Waals surface area (Å²) in [4.78, 5) is 12.7. The molecule has 5 nitrogen and oxygen atoms in total. The van der Waals surface area contributed by atoms with E-state index in [0.717, 1.165) is 23.9 Å². The second-order valence-corrected chi connectivity index (χ2v) is 10.7. The number of hydrogen-bond donors (Lipinski definition) is 1. The number of hydrogen-bond acceptors (Lipinski definition) is 4. The first kappa shape index (κ1) is 19.4. The molecular formula is C17H30N4OS2. The summed E-state index contributed by atoms with van der Waals surface area (Å²) in [7, 11) is 2.96. The van der Waals surface area contributed by atoms with E-state index < -0.39 is 10.8 Å². The first-order valence-electron chi connectivity index (χ1n) is 8.59. The second-order valence-electron chi connectivity index (χ2n) is 7.18. The van der Waals surface area contributed by atoms with E-state index in [1.54, 1.807) is 7.05 Å². The van der Waals surface area contributed by atoms with Gasteiger partial charge in [0.1, 0.15) is 5.01 Å². The highest BCUT2D eigenvalue weighted by Crippen LogP contribution is 2.27. The molecule has 24 heavy (non-hydrogen) atoms. The summed E-state index contributed by atoms with van der Waals surface area (Å²) in [5.41, 5.74) is 1.30. The lowest BCUT2D eigenvalue weighted by molar-refractivity contribution is 0.477. The van der Waals surface area contributed by atoms with Crippen molar-refractivity contribution in [3.63, 3.8) is 0 Å². The first-order chi connectivity index (χ1) is 11.3. The van der Waals surface area contributed by atoms with Crippen LogP contribution in [0.25, 0.3) is 0 Å². The molecule has 0 saturated carbocycles. The van der Waals surface area contributed by atoms with Gasteiger partial charge >= 0.3 is 0 Å². The summed E-state index contributed by atoms with van der Waals surface area (Å²) < 4.78 is 11.9. The van der Waals surface area contributed by atoms with Crippen LogP contribution in [-0.2, 0) is 30.2 Å². The summed E-state index contributed by atoms with van der Waals surface area (Å²) in [6, 6.07) is 0. The number of guanidine groups is 1. The highest BCUT2D eigenvalue weighted by molar-refractivity contribution is 7.86. The number of rotatable bonds is 5. The van der Waals surface area contributed by atoms with Crippen molar-refractivity contribution in [1.82, 2.24) is 15.2 Å². The predicted molar refractivity (Wildman–Crippen MR) is 104 cm³/mol. The molecule has 1 aliphatic carbocycles. The third-order valence-electron chi connectivity index (χ3n) is 4.09. The van der Waals surface area contributed by atoms with E-state index in [-0.39, 0.29) is 4.75 Å². The van der Waals surface area contributed by atoms with Crippen molar-refractivity contribution in [2.75, 3.05) is 26.4 Å². The van der Waals surface area contributed by atoms with E-state index in [1.165, 1.54) is 29.8 Å². The molecule has 1 heterocycles. The molecule has 1 aromatic rings. The van der Waals surface area contributed by atoms with Crippen LogP contribution < -0.4 is 5.32 Å². The maximum absolute atomic E-state index is 12.1. The van der Waals surface area contributed by atoms with Crippen LogP contribution in [0.2, 0.25) is 0 Å². The Labute approximate surface area is 152 Å². The third kappa shape index (κ3) is 5.28. The van der Waals surface area contributed by atoms with E-state index in [9.17, 15) is 4.21 Å². The number of aliphatic imine (C=N–C) groups is 1. The van der Waals surface area contributed by atoms with Crippen molar-refractivity contribution in [1.29, 1.82) is 0 Å². The Kier molecular flexibility index (Phi) is 6.80. The summed E-state index contributed by atoms with van der Waals surface area (Å²) >= 11 is 1.84. The average Bonchev–Trinajstić information content (AvgIpc) is 2.92. The molecule has 1 unspecified atom stereocenters. The van der Waals surface area contributed by atoms with Crippen LogP contribution in [0.1, 0.15) is 49.2 Å². The zero-order chi connectivity index (χ0) is 17.7. The van der Waals surface area contributed by atoms with Crippen LogP contribution in [0.15, 0.2) is 4.99 Å². The summed E-state index contributed by atoms with van der Waals surface area (Å²) in [6.07, 6.45) is 4.86.